The Morgan fingerprint density at radius 2 is 1.86 bits per heavy atom. The van der Waals surface area contributed by atoms with Gasteiger partial charge in [-0.1, -0.05) is 34.8 Å². The number of halogens is 3. The number of hydrogen-bond donors (Lipinski definition) is 1. The van der Waals surface area contributed by atoms with Gasteiger partial charge in [-0.2, -0.15) is 0 Å². The summed E-state index contributed by atoms with van der Waals surface area (Å²) in [6, 6.07) is 8.04. The van der Waals surface area contributed by atoms with Crippen LogP contribution in [0.4, 0.5) is 11.4 Å². The zero-order valence-corrected chi connectivity index (χ0v) is 16.5. The third-order valence-corrected chi connectivity index (χ3v) is 4.17. The van der Waals surface area contributed by atoms with Gasteiger partial charge in [0.1, 0.15) is 5.75 Å². The lowest BCUT2D eigenvalue weighted by Gasteiger charge is -2.15. The lowest BCUT2D eigenvalue weighted by molar-refractivity contribution is -0.384. The van der Waals surface area contributed by atoms with E-state index < -0.39 is 29.5 Å². The van der Waals surface area contributed by atoms with Gasteiger partial charge < -0.3 is 14.8 Å². The molecular formula is C17H13Cl3N2O6. The monoisotopic (exact) mass is 446 g/mol. The predicted octanol–water partition coefficient (Wildman–Crippen LogP) is 4.50. The minimum absolute atomic E-state index is 0.0224. The Morgan fingerprint density at radius 3 is 2.50 bits per heavy atom. The van der Waals surface area contributed by atoms with Crippen molar-refractivity contribution in [2.45, 2.75) is 13.0 Å². The van der Waals surface area contributed by atoms with Gasteiger partial charge in [0.2, 0.25) is 0 Å². The van der Waals surface area contributed by atoms with Crippen molar-refractivity contribution in [3.05, 3.63) is 61.6 Å². The van der Waals surface area contributed by atoms with Gasteiger partial charge in [-0.3, -0.25) is 14.9 Å². The maximum absolute atomic E-state index is 12.0. The number of carbonyl (C=O) groups excluding carboxylic acids is 2. The first kappa shape index (κ1) is 21.7. The third kappa shape index (κ3) is 5.98. The van der Waals surface area contributed by atoms with Gasteiger partial charge in [-0.05, 0) is 31.2 Å². The Balaban J connectivity index is 1.90. The molecule has 11 heteroatoms. The average Bonchev–Trinajstić information content (AvgIpc) is 2.63. The summed E-state index contributed by atoms with van der Waals surface area (Å²) in [5, 5.41) is 13.8. The fourth-order valence-electron chi connectivity index (χ4n) is 1.97. The molecule has 2 aromatic rings. The second kappa shape index (κ2) is 9.59. The van der Waals surface area contributed by atoms with Gasteiger partial charge in [0.25, 0.3) is 11.6 Å². The minimum Gasteiger partial charge on any atom is -0.477 e. The number of anilines is 1. The molecule has 2 aromatic carbocycles. The smallest absolute Gasteiger partial charge is 0.347 e. The zero-order chi connectivity index (χ0) is 20.8. The summed E-state index contributed by atoms with van der Waals surface area (Å²) >= 11 is 17.6. The van der Waals surface area contributed by atoms with Crippen molar-refractivity contribution in [2.75, 3.05) is 11.9 Å². The van der Waals surface area contributed by atoms with Crippen LogP contribution in [0.3, 0.4) is 0 Å². The molecule has 0 saturated carbocycles. The van der Waals surface area contributed by atoms with Crippen LogP contribution in [0.1, 0.15) is 6.92 Å². The van der Waals surface area contributed by atoms with Crippen LogP contribution >= 0.6 is 34.8 Å². The topological polar surface area (TPSA) is 108 Å². The van der Waals surface area contributed by atoms with Crippen LogP contribution < -0.4 is 10.1 Å². The highest BCUT2D eigenvalue weighted by Crippen LogP contribution is 2.28. The largest absolute Gasteiger partial charge is 0.477 e. The molecule has 0 aromatic heterocycles. The molecule has 28 heavy (non-hydrogen) atoms. The number of hydrogen-bond acceptors (Lipinski definition) is 6. The first-order valence-electron chi connectivity index (χ1n) is 7.69. The van der Waals surface area contributed by atoms with Crippen LogP contribution in [-0.4, -0.2) is 29.5 Å². The van der Waals surface area contributed by atoms with E-state index in [2.05, 4.69) is 5.32 Å². The Labute approximate surface area is 174 Å². The van der Waals surface area contributed by atoms with Crippen molar-refractivity contribution in [3.8, 4) is 5.75 Å². The van der Waals surface area contributed by atoms with E-state index in [1.54, 1.807) is 0 Å². The van der Waals surface area contributed by atoms with Crippen molar-refractivity contribution in [1.29, 1.82) is 0 Å². The zero-order valence-electron chi connectivity index (χ0n) is 14.3. The lowest BCUT2D eigenvalue weighted by Crippen LogP contribution is -2.29. The van der Waals surface area contributed by atoms with Gasteiger partial charge >= 0.3 is 5.97 Å². The number of benzene rings is 2. The van der Waals surface area contributed by atoms with Crippen molar-refractivity contribution >= 4 is 58.1 Å². The van der Waals surface area contributed by atoms with E-state index in [9.17, 15) is 19.7 Å². The lowest BCUT2D eigenvalue weighted by atomic mass is 10.3. The molecule has 2 rings (SSSR count). The quantitative estimate of drug-likeness (QED) is 0.380. The third-order valence-electron chi connectivity index (χ3n) is 3.31. The summed E-state index contributed by atoms with van der Waals surface area (Å²) < 4.78 is 10.2. The molecule has 0 spiro atoms. The van der Waals surface area contributed by atoms with Gasteiger partial charge in [0, 0.05) is 17.2 Å². The van der Waals surface area contributed by atoms with Gasteiger partial charge in [-0.25, -0.2) is 4.79 Å². The summed E-state index contributed by atoms with van der Waals surface area (Å²) in [5.74, 6) is -1.32. The minimum atomic E-state index is -1.05. The summed E-state index contributed by atoms with van der Waals surface area (Å²) in [6.45, 7) is 0.780. The highest BCUT2D eigenvalue weighted by molar-refractivity contribution is 6.35. The Kier molecular flexibility index (Phi) is 7.45. The average molecular weight is 448 g/mol. The molecule has 0 bridgehead atoms. The molecule has 1 amide bonds. The van der Waals surface area contributed by atoms with Crippen LogP contribution in [0, 0.1) is 10.1 Å². The molecule has 0 saturated heterocycles. The number of amides is 1. The summed E-state index contributed by atoms with van der Waals surface area (Å²) in [5.41, 5.74) is -0.229. The Hall–Kier alpha value is -2.55. The molecule has 0 heterocycles. The standard InChI is InChI=1S/C17H13Cl3N2O6/c1-9(28-15-5-2-10(18)6-13(15)20)17(24)27-8-16(23)21-14-7-11(22(25)26)3-4-12(14)19/h2-7,9H,8H2,1H3,(H,21,23). The highest BCUT2D eigenvalue weighted by Gasteiger charge is 2.20. The second-order valence-electron chi connectivity index (χ2n) is 5.41. The van der Waals surface area contributed by atoms with Crippen molar-refractivity contribution < 1.29 is 24.0 Å². The molecule has 1 unspecified atom stereocenters. The molecule has 148 valence electrons. The summed E-state index contributed by atoms with van der Waals surface area (Å²) in [4.78, 5) is 34.1. The first-order chi connectivity index (χ1) is 13.2. The maximum atomic E-state index is 12.0. The van der Waals surface area contributed by atoms with E-state index in [-0.39, 0.29) is 27.2 Å². The number of nitrogens with zero attached hydrogens (tertiary/aromatic N) is 1. The summed E-state index contributed by atoms with van der Waals surface area (Å²) in [6.07, 6.45) is -1.05. The van der Waals surface area contributed by atoms with Crippen LogP contribution in [0.5, 0.6) is 5.75 Å². The van der Waals surface area contributed by atoms with E-state index in [4.69, 9.17) is 44.3 Å². The number of esters is 1. The molecule has 0 aliphatic rings. The number of rotatable bonds is 7. The Morgan fingerprint density at radius 1 is 1.14 bits per heavy atom. The molecule has 0 radical (unpaired) electrons. The number of nitro benzene ring substituents is 1. The van der Waals surface area contributed by atoms with Gasteiger partial charge in [0.15, 0.2) is 12.7 Å². The molecule has 1 N–H and O–H groups in total. The molecule has 0 aliphatic carbocycles. The number of nitro groups is 1. The molecule has 1 atom stereocenters. The SMILES string of the molecule is CC(Oc1ccc(Cl)cc1Cl)C(=O)OCC(=O)Nc1cc([N+](=O)[O-])ccc1Cl. The maximum Gasteiger partial charge on any atom is 0.347 e. The number of non-ortho nitro benzene ring substituents is 1. The van der Waals surface area contributed by atoms with Crippen LogP contribution in [0.15, 0.2) is 36.4 Å². The van der Waals surface area contributed by atoms with E-state index in [1.807, 2.05) is 0 Å². The van der Waals surface area contributed by atoms with Crippen LogP contribution in [0.2, 0.25) is 15.1 Å². The van der Waals surface area contributed by atoms with Crippen LogP contribution in [-0.2, 0) is 14.3 Å². The van der Waals surface area contributed by atoms with Crippen molar-refractivity contribution in [3.63, 3.8) is 0 Å². The van der Waals surface area contributed by atoms with Crippen molar-refractivity contribution in [2.24, 2.45) is 0 Å². The van der Waals surface area contributed by atoms with E-state index in [1.165, 1.54) is 37.3 Å². The molecule has 0 fully saturated rings. The second-order valence-corrected chi connectivity index (χ2v) is 6.66. The molecular weight excluding hydrogens is 435 g/mol. The Bertz CT molecular complexity index is 922. The molecule has 0 aliphatic heterocycles. The van der Waals surface area contributed by atoms with Crippen molar-refractivity contribution in [1.82, 2.24) is 0 Å². The fraction of sp³-hybridized carbons (Fsp3) is 0.176. The fourth-order valence-corrected chi connectivity index (χ4v) is 2.59. The van der Waals surface area contributed by atoms with Gasteiger partial charge in [0.05, 0.1) is 20.7 Å². The number of carbonyl (C=O) groups is 2. The highest BCUT2D eigenvalue weighted by atomic mass is 35.5. The number of nitrogens with one attached hydrogen (secondary N) is 1. The normalized spacial score (nSPS) is 11.4. The van der Waals surface area contributed by atoms with Gasteiger partial charge in [-0.15, -0.1) is 0 Å². The summed E-state index contributed by atoms with van der Waals surface area (Å²) in [7, 11) is 0. The van der Waals surface area contributed by atoms with E-state index in [0.29, 0.717) is 5.02 Å². The first-order valence-corrected chi connectivity index (χ1v) is 8.83. The van der Waals surface area contributed by atoms with E-state index >= 15 is 0 Å². The predicted molar refractivity (Wildman–Crippen MR) is 104 cm³/mol. The number of ether oxygens (including phenoxy) is 2. The molecule has 8 nitrogen and oxygen atoms in total. The van der Waals surface area contributed by atoms with Crippen LogP contribution in [0.25, 0.3) is 0 Å². The van der Waals surface area contributed by atoms with E-state index in [0.717, 1.165) is 6.07 Å².